The Bertz CT molecular complexity index is 187. The highest BCUT2D eigenvalue weighted by Gasteiger charge is 2.30. The van der Waals surface area contributed by atoms with Gasteiger partial charge in [0.15, 0.2) is 0 Å². The molecular formula is C14H28NO+. The molecule has 2 aliphatic carbocycles. The maximum absolute atomic E-state index is 5.65. The van der Waals surface area contributed by atoms with Gasteiger partial charge in [0, 0.05) is 13.5 Å². The van der Waals surface area contributed by atoms with Gasteiger partial charge in [0.05, 0.1) is 6.04 Å². The Hall–Kier alpha value is -0.0800. The van der Waals surface area contributed by atoms with Gasteiger partial charge < -0.3 is 10.1 Å². The zero-order valence-electron chi connectivity index (χ0n) is 10.8. The fourth-order valence-corrected chi connectivity index (χ4v) is 3.49. The third-order valence-electron chi connectivity index (χ3n) is 4.48. The summed E-state index contributed by atoms with van der Waals surface area (Å²) in [5, 5.41) is 2.67. The molecule has 0 saturated heterocycles. The second-order valence-corrected chi connectivity index (χ2v) is 5.67. The van der Waals surface area contributed by atoms with Crippen LogP contribution in [-0.4, -0.2) is 25.3 Å². The van der Waals surface area contributed by atoms with Crippen molar-refractivity contribution in [1.29, 1.82) is 0 Å². The van der Waals surface area contributed by atoms with Crippen molar-refractivity contribution < 1.29 is 10.1 Å². The molecule has 94 valence electrons. The van der Waals surface area contributed by atoms with Crippen LogP contribution in [0.5, 0.6) is 0 Å². The van der Waals surface area contributed by atoms with E-state index in [1.54, 1.807) is 0 Å². The maximum atomic E-state index is 5.65. The van der Waals surface area contributed by atoms with E-state index in [4.69, 9.17) is 4.74 Å². The standard InChI is InChI=1S/C14H27NO/c1-16-14-11-7-6-10-13(14)15-12-8-4-2-3-5-9-12/h12-15H,2-11H2,1H3/p+1/t13-,14-/m1/s1. The van der Waals surface area contributed by atoms with E-state index in [-0.39, 0.29) is 0 Å². The Kier molecular flexibility index (Phi) is 5.11. The van der Waals surface area contributed by atoms with Gasteiger partial charge in [-0.05, 0) is 38.5 Å². The summed E-state index contributed by atoms with van der Waals surface area (Å²) in [5.74, 6) is 0. The second-order valence-electron chi connectivity index (χ2n) is 5.67. The second kappa shape index (κ2) is 6.61. The Morgan fingerprint density at radius 2 is 1.44 bits per heavy atom. The van der Waals surface area contributed by atoms with E-state index in [0.717, 1.165) is 12.1 Å². The quantitative estimate of drug-likeness (QED) is 0.734. The topological polar surface area (TPSA) is 25.8 Å². The lowest BCUT2D eigenvalue weighted by molar-refractivity contribution is -0.730. The monoisotopic (exact) mass is 226 g/mol. The van der Waals surface area contributed by atoms with Crippen molar-refractivity contribution in [1.82, 2.24) is 0 Å². The number of nitrogens with two attached hydrogens (primary N) is 1. The average Bonchev–Trinajstić information content (AvgIpc) is 2.58. The molecule has 2 heteroatoms. The lowest BCUT2D eigenvalue weighted by Gasteiger charge is -2.31. The van der Waals surface area contributed by atoms with Gasteiger partial charge in [-0.1, -0.05) is 19.3 Å². The van der Waals surface area contributed by atoms with E-state index in [9.17, 15) is 0 Å². The van der Waals surface area contributed by atoms with E-state index in [0.29, 0.717) is 6.10 Å². The van der Waals surface area contributed by atoms with Crippen molar-refractivity contribution in [3.05, 3.63) is 0 Å². The van der Waals surface area contributed by atoms with Gasteiger partial charge in [0.1, 0.15) is 12.1 Å². The van der Waals surface area contributed by atoms with Gasteiger partial charge >= 0.3 is 0 Å². The van der Waals surface area contributed by atoms with E-state index in [2.05, 4.69) is 5.32 Å². The van der Waals surface area contributed by atoms with Crippen LogP contribution in [0.15, 0.2) is 0 Å². The fourth-order valence-electron chi connectivity index (χ4n) is 3.49. The highest BCUT2D eigenvalue weighted by molar-refractivity contribution is 4.75. The summed E-state index contributed by atoms with van der Waals surface area (Å²) < 4.78 is 5.65. The summed E-state index contributed by atoms with van der Waals surface area (Å²) in [6.45, 7) is 0. The van der Waals surface area contributed by atoms with Crippen LogP contribution >= 0.6 is 0 Å². The molecule has 0 unspecified atom stereocenters. The number of hydrogen-bond donors (Lipinski definition) is 1. The Labute approximate surface area is 100 Å². The van der Waals surface area contributed by atoms with Crippen LogP contribution in [0.4, 0.5) is 0 Å². The smallest absolute Gasteiger partial charge is 0.113 e. The lowest BCUT2D eigenvalue weighted by Crippen LogP contribution is -2.97. The van der Waals surface area contributed by atoms with Crippen molar-refractivity contribution in [3.8, 4) is 0 Å². The van der Waals surface area contributed by atoms with Crippen LogP contribution < -0.4 is 5.32 Å². The third kappa shape index (κ3) is 3.46. The highest BCUT2D eigenvalue weighted by atomic mass is 16.5. The molecule has 2 aliphatic rings. The van der Waals surface area contributed by atoms with Crippen LogP contribution in [0.1, 0.15) is 64.2 Å². The SMILES string of the molecule is CO[C@@H]1CCCC[C@H]1[NH2+]C1CCCCCC1. The van der Waals surface area contributed by atoms with Gasteiger partial charge in [-0.15, -0.1) is 0 Å². The molecule has 0 bridgehead atoms. The van der Waals surface area contributed by atoms with Crippen molar-refractivity contribution in [3.63, 3.8) is 0 Å². The van der Waals surface area contributed by atoms with Crippen LogP contribution in [-0.2, 0) is 4.74 Å². The molecule has 0 spiro atoms. The number of hydrogen-bond acceptors (Lipinski definition) is 1. The summed E-state index contributed by atoms with van der Waals surface area (Å²) in [5.41, 5.74) is 0. The van der Waals surface area contributed by atoms with Crippen molar-refractivity contribution in [2.24, 2.45) is 0 Å². The molecule has 0 aromatic rings. The fraction of sp³-hybridized carbons (Fsp3) is 1.00. The minimum absolute atomic E-state index is 0.525. The number of ether oxygens (including phenoxy) is 1. The number of rotatable bonds is 3. The van der Waals surface area contributed by atoms with Crippen molar-refractivity contribution >= 4 is 0 Å². The first-order valence-electron chi connectivity index (χ1n) is 7.28. The van der Waals surface area contributed by atoms with Gasteiger partial charge in [0.2, 0.25) is 0 Å². The average molecular weight is 226 g/mol. The third-order valence-corrected chi connectivity index (χ3v) is 4.48. The molecule has 0 amide bonds. The summed E-state index contributed by atoms with van der Waals surface area (Å²) in [4.78, 5) is 0. The summed E-state index contributed by atoms with van der Waals surface area (Å²) in [6, 6.07) is 1.64. The predicted octanol–water partition coefficient (Wildman–Crippen LogP) is 2.23. The molecule has 0 aromatic heterocycles. The molecule has 2 fully saturated rings. The summed E-state index contributed by atoms with van der Waals surface area (Å²) in [7, 11) is 1.89. The summed E-state index contributed by atoms with van der Waals surface area (Å²) in [6.07, 6.45) is 14.7. The van der Waals surface area contributed by atoms with Crippen LogP contribution in [0.3, 0.4) is 0 Å². The van der Waals surface area contributed by atoms with Gasteiger partial charge in [-0.25, -0.2) is 0 Å². The molecule has 0 aromatic carbocycles. The Morgan fingerprint density at radius 3 is 2.12 bits per heavy atom. The zero-order chi connectivity index (χ0) is 11.2. The molecule has 2 nitrogen and oxygen atoms in total. The van der Waals surface area contributed by atoms with Crippen LogP contribution in [0.25, 0.3) is 0 Å². The van der Waals surface area contributed by atoms with E-state index in [1.807, 2.05) is 7.11 Å². The van der Waals surface area contributed by atoms with Crippen LogP contribution in [0, 0.1) is 0 Å². The number of methoxy groups -OCH3 is 1. The van der Waals surface area contributed by atoms with E-state index < -0.39 is 0 Å². The normalized spacial score (nSPS) is 33.6. The highest BCUT2D eigenvalue weighted by Crippen LogP contribution is 2.20. The molecule has 0 heterocycles. The molecule has 2 atom stereocenters. The van der Waals surface area contributed by atoms with Gasteiger partial charge in [-0.2, -0.15) is 0 Å². The first-order chi connectivity index (χ1) is 7.90. The van der Waals surface area contributed by atoms with Gasteiger partial charge in [-0.3, -0.25) is 0 Å². The predicted molar refractivity (Wildman–Crippen MR) is 66.5 cm³/mol. The Morgan fingerprint density at radius 1 is 0.812 bits per heavy atom. The lowest BCUT2D eigenvalue weighted by atomic mass is 9.91. The summed E-state index contributed by atoms with van der Waals surface area (Å²) >= 11 is 0. The minimum atomic E-state index is 0.525. The minimum Gasteiger partial charge on any atom is -0.375 e. The van der Waals surface area contributed by atoms with Crippen molar-refractivity contribution in [2.75, 3.05) is 7.11 Å². The largest absolute Gasteiger partial charge is 0.375 e. The Balaban J connectivity index is 1.81. The van der Waals surface area contributed by atoms with E-state index in [1.165, 1.54) is 64.2 Å². The first kappa shape index (κ1) is 12.4. The molecular weight excluding hydrogens is 198 g/mol. The molecule has 0 radical (unpaired) electrons. The van der Waals surface area contributed by atoms with Gasteiger partial charge in [0.25, 0.3) is 0 Å². The zero-order valence-corrected chi connectivity index (χ0v) is 10.8. The molecule has 0 aliphatic heterocycles. The first-order valence-corrected chi connectivity index (χ1v) is 7.28. The molecule has 16 heavy (non-hydrogen) atoms. The van der Waals surface area contributed by atoms with Crippen LogP contribution in [0.2, 0.25) is 0 Å². The molecule has 2 rings (SSSR count). The molecule has 2 saturated carbocycles. The maximum Gasteiger partial charge on any atom is 0.113 e. The van der Waals surface area contributed by atoms with Crippen molar-refractivity contribution in [2.45, 2.75) is 82.4 Å². The number of quaternary nitrogens is 1. The molecule has 2 N–H and O–H groups in total. The van der Waals surface area contributed by atoms with E-state index >= 15 is 0 Å².